The van der Waals surface area contributed by atoms with Crippen LogP contribution < -0.4 is 0 Å². The van der Waals surface area contributed by atoms with Crippen molar-refractivity contribution in [1.29, 1.82) is 0 Å². The van der Waals surface area contributed by atoms with E-state index in [0.717, 1.165) is 17.6 Å². The molecule has 1 rings (SSSR count). The van der Waals surface area contributed by atoms with Gasteiger partial charge in [0.05, 0.1) is 5.92 Å². The van der Waals surface area contributed by atoms with Gasteiger partial charge in [0.15, 0.2) is 0 Å². The molecule has 0 aromatic carbocycles. The molecule has 0 saturated heterocycles. The van der Waals surface area contributed by atoms with Gasteiger partial charge in [0, 0.05) is 80.1 Å². The van der Waals surface area contributed by atoms with Crippen LogP contribution in [0.15, 0.2) is 23.3 Å². The predicted octanol–water partition coefficient (Wildman–Crippen LogP) is 8.33. The zero-order valence-electron chi connectivity index (χ0n) is 41.2. The molecular weight excluding hydrogens is 845 g/mol. The molecule has 0 amide bonds. The van der Waals surface area contributed by atoms with Gasteiger partial charge in [-0.15, -0.1) is 0 Å². The number of hydrogen-bond acceptors (Lipinski definition) is 16. The molecule has 0 saturated carbocycles. The van der Waals surface area contributed by atoms with Crippen LogP contribution in [0.1, 0.15) is 173 Å². The maximum absolute atomic E-state index is 14.3. The number of carbonyl (C=O) groups excluding carboxylic acids is 8. The lowest BCUT2D eigenvalue weighted by Gasteiger charge is -2.34. The highest BCUT2D eigenvalue weighted by Crippen LogP contribution is 2.31. The van der Waals surface area contributed by atoms with Crippen molar-refractivity contribution in [2.75, 3.05) is 0 Å². The molecular formula is C49H78O16. The average molecular weight is 923 g/mol. The van der Waals surface area contributed by atoms with Crippen LogP contribution in [0, 0.1) is 17.8 Å². The normalized spacial score (nSPS) is 28.5. The van der Waals surface area contributed by atoms with Crippen LogP contribution in [0.2, 0.25) is 0 Å². The highest BCUT2D eigenvalue weighted by Gasteiger charge is 2.38. The Morgan fingerprint density at radius 1 is 0.662 bits per heavy atom. The third kappa shape index (κ3) is 25.5. The monoisotopic (exact) mass is 923 g/mol. The van der Waals surface area contributed by atoms with Crippen molar-refractivity contribution in [3.63, 3.8) is 0 Å². The summed E-state index contributed by atoms with van der Waals surface area (Å²) >= 11 is 0. The van der Waals surface area contributed by atoms with Crippen molar-refractivity contribution in [2.45, 2.75) is 222 Å². The molecule has 0 fully saturated rings. The van der Waals surface area contributed by atoms with Crippen molar-refractivity contribution in [3.8, 4) is 0 Å². The van der Waals surface area contributed by atoms with Crippen molar-refractivity contribution in [2.24, 2.45) is 17.8 Å². The predicted molar refractivity (Wildman–Crippen MR) is 239 cm³/mol. The van der Waals surface area contributed by atoms with Crippen LogP contribution in [-0.4, -0.2) is 96.6 Å². The van der Waals surface area contributed by atoms with Gasteiger partial charge in [0.1, 0.15) is 48.8 Å². The SMILES string of the molecule is CCC[C@H](C/C(C)=C/[C@H]1OC(=O)[C@@H](C)[C@@H](OC(C)=O)[C@H](C)CC[C@H](OC(C)=O)C[C@@H](OC(C)=O)C[C@@H](OC(C)=O)CC/C(C)=C/CCC[C@@H](OC(C)=O)C[C@H](OC(C)=O)[C@@H]1C)OC(C)=O. The number of carbonyl (C=O) groups is 8. The molecule has 0 spiro atoms. The highest BCUT2D eigenvalue weighted by molar-refractivity contribution is 5.74. The lowest BCUT2D eigenvalue weighted by atomic mass is 9.87. The zero-order valence-corrected chi connectivity index (χ0v) is 41.2. The molecule has 16 heteroatoms. The van der Waals surface area contributed by atoms with Crippen LogP contribution in [0.25, 0.3) is 0 Å². The average Bonchev–Trinajstić information content (AvgIpc) is 3.16. The second kappa shape index (κ2) is 30.4. The first kappa shape index (κ1) is 58.3. The smallest absolute Gasteiger partial charge is 0.313 e. The van der Waals surface area contributed by atoms with Gasteiger partial charge in [-0.25, -0.2) is 0 Å². The van der Waals surface area contributed by atoms with Gasteiger partial charge in [0.25, 0.3) is 0 Å². The van der Waals surface area contributed by atoms with E-state index in [9.17, 15) is 38.4 Å². The molecule has 0 bridgehead atoms. The largest absolute Gasteiger partial charge is 0.462 e. The Morgan fingerprint density at radius 3 is 1.68 bits per heavy atom. The van der Waals surface area contributed by atoms with Gasteiger partial charge in [-0.3, -0.25) is 38.4 Å². The molecule has 1 heterocycles. The molecule has 0 aromatic heterocycles. The number of ether oxygens (including phenoxy) is 8. The highest BCUT2D eigenvalue weighted by atomic mass is 16.6. The third-order valence-electron chi connectivity index (χ3n) is 11.2. The Hall–Kier alpha value is -4.76. The molecule has 370 valence electrons. The molecule has 1 aliphatic heterocycles. The lowest BCUT2D eigenvalue weighted by molar-refractivity contribution is -0.169. The Balaban J connectivity index is 3.95. The van der Waals surface area contributed by atoms with E-state index in [1.165, 1.54) is 48.5 Å². The van der Waals surface area contributed by atoms with E-state index >= 15 is 0 Å². The maximum Gasteiger partial charge on any atom is 0.313 e. The van der Waals surface area contributed by atoms with E-state index in [-0.39, 0.29) is 32.1 Å². The summed E-state index contributed by atoms with van der Waals surface area (Å²) in [5.74, 6) is -6.73. The van der Waals surface area contributed by atoms with Gasteiger partial charge in [-0.2, -0.15) is 0 Å². The first-order valence-corrected chi connectivity index (χ1v) is 23.1. The molecule has 1 aliphatic rings. The van der Waals surface area contributed by atoms with Gasteiger partial charge >= 0.3 is 47.8 Å². The zero-order chi connectivity index (χ0) is 49.4. The van der Waals surface area contributed by atoms with Crippen LogP contribution in [0.4, 0.5) is 0 Å². The molecule has 11 atom stereocenters. The van der Waals surface area contributed by atoms with Gasteiger partial charge in [-0.05, 0) is 84.1 Å². The third-order valence-corrected chi connectivity index (χ3v) is 11.2. The van der Waals surface area contributed by atoms with Gasteiger partial charge in [-0.1, -0.05) is 44.4 Å². The molecule has 0 radical (unpaired) electrons. The fraction of sp³-hybridized carbons (Fsp3) is 0.755. The quantitative estimate of drug-likeness (QED) is 0.102. The number of rotatable bonds is 12. The number of cyclic esters (lactones) is 1. The summed E-state index contributed by atoms with van der Waals surface area (Å²) in [5.41, 5.74) is 1.75. The van der Waals surface area contributed by atoms with Crippen molar-refractivity contribution in [3.05, 3.63) is 23.3 Å². The molecule has 0 N–H and O–H groups in total. The molecule has 0 aliphatic carbocycles. The lowest BCUT2D eigenvalue weighted by Crippen LogP contribution is -2.41. The fourth-order valence-corrected chi connectivity index (χ4v) is 8.28. The Bertz CT molecular complexity index is 1630. The van der Waals surface area contributed by atoms with Crippen molar-refractivity contribution < 1.29 is 76.3 Å². The summed E-state index contributed by atoms with van der Waals surface area (Å²) in [6.07, 6.45) is 2.69. The van der Waals surface area contributed by atoms with Crippen LogP contribution in [0.3, 0.4) is 0 Å². The molecule has 0 aromatic rings. The molecule has 16 nitrogen and oxygen atoms in total. The van der Waals surface area contributed by atoms with E-state index in [2.05, 4.69) is 6.08 Å². The molecule has 65 heavy (non-hydrogen) atoms. The minimum Gasteiger partial charge on any atom is -0.462 e. The Labute approximate surface area is 386 Å². The van der Waals surface area contributed by atoms with Crippen LogP contribution >= 0.6 is 0 Å². The second-order valence-electron chi connectivity index (χ2n) is 17.7. The topological polar surface area (TPSA) is 210 Å². The standard InChI is InChI=1S/C49H78O16/c1-14-17-41(58-34(7)50)24-30(3)25-46-32(5)47(63-39(12)55)28-42(59-35(8)51)19-16-15-18-29(2)20-22-43(60-36(9)52)26-45(62-38(11)54)27-44(61-37(10)53)23-21-31(4)48(64-40(13)56)33(6)49(57)65-46/h18,25,31-33,41-48H,14-17,19-24,26-28H2,1-13H3/b29-18+,30-25+/t31-,32-,33+,41-,42-,43+,44+,45+,46-,47+,48+/m1/s1. The van der Waals surface area contributed by atoms with Crippen LogP contribution in [-0.2, 0) is 76.3 Å². The minimum absolute atomic E-state index is 0.0864. The molecule has 0 unspecified atom stereocenters. The summed E-state index contributed by atoms with van der Waals surface area (Å²) < 4.78 is 46.4. The van der Waals surface area contributed by atoms with E-state index in [4.69, 9.17) is 37.9 Å². The fourth-order valence-electron chi connectivity index (χ4n) is 8.28. The van der Waals surface area contributed by atoms with E-state index in [1.54, 1.807) is 26.8 Å². The van der Waals surface area contributed by atoms with Gasteiger partial charge < -0.3 is 37.9 Å². The summed E-state index contributed by atoms with van der Waals surface area (Å²) in [6.45, 7) is 19.9. The van der Waals surface area contributed by atoms with E-state index in [1.807, 2.05) is 20.8 Å². The summed E-state index contributed by atoms with van der Waals surface area (Å²) in [4.78, 5) is 101. The van der Waals surface area contributed by atoms with E-state index < -0.39 is 114 Å². The van der Waals surface area contributed by atoms with Crippen molar-refractivity contribution >= 4 is 47.8 Å². The second-order valence-corrected chi connectivity index (χ2v) is 17.7. The van der Waals surface area contributed by atoms with E-state index in [0.29, 0.717) is 44.9 Å². The number of allylic oxidation sites excluding steroid dienone is 2. The first-order valence-electron chi connectivity index (χ1n) is 23.1. The van der Waals surface area contributed by atoms with Crippen molar-refractivity contribution in [1.82, 2.24) is 0 Å². The van der Waals surface area contributed by atoms with Gasteiger partial charge in [0.2, 0.25) is 0 Å². The number of hydrogen-bond donors (Lipinski definition) is 0. The van der Waals surface area contributed by atoms with Crippen LogP contribution in [0.5, 0.6) is 0 Å². The first-order chi connectivity index (χ1) is 30.4. The Morgan fingerprint density at radius 2 is 1.17 bits per heavy atom. The number of esters is 8. The minimum atomic E-state index is -1.03. The summed E-state index contributed by atoms with van der Waals surface area (Å²) in [7, 11) is 0. The maximum atomic E-state index is 14.3. The summed E-state index contributed by atoms with van der Waals surface area (Å²) in [6, 6.07) is 0. The Kier molecular flexibility index (Phi) is 27.3. The summed E-state index contributed by atoms with van der Waals surface area (Å²) in [5, 5.41) is 0.